The van der Waals surface area contributed by atoms with Crippen LogP contribution in [-0.4, -0.2) is 22.1 Å². The molecule has 1 fully saturated rings. The van der Waals surface area contributed by atoms with Gasteiger partial charge in [0, 0.05) is 29.7 Å². The molecule has 0 saturated heterocycles. The molecule has 0 aromatic carbocycles. The Labute approximate surface area is 114 Å². The summed E-state index contributed by atoms with van der Waals surface area (Å²) in [6.07, 6.45) is 2.00. The normalized spacial score (nSPS) is 23.5. The Kier molecular flexibility index (Phi) is 3.20. The minimum Gasteiger partial charge on any atom is -0.378 e. The van der Waals surface area contributed by atoms with E-state index in [-0.39, 0.29) is 23.6 Å². The number of nitrogens with two attached hydrogens (primary N) is 1. The molecule has 3 rings (SSSR count). The smallest absolute Gasteiger partial charge is 0.215 e. The van der Waals surface area contributed by atoms with E-state index in [1.165, 1.54) is 4.88 Å². The van der Waals surface area contributed by atoms with Gasteiger partial charge in [-0.1, -0.05) is 6.07 Å². The van der Waals surface area contributed by atoms with Crippen LogP contribution in [0.25, 0.3) is 0 Å². The summed E-state index contributed by atoms with van der Waals surface area (Å²) in [4.78, 5) is 13.1. The molecule has 0 unspecified atom stereocenters. The highest BCUT2D eigenvalue weighted by Gasteiger charge is 2.29. The Morgan fingerprint density at radius 2 is 2.32 bits per heavy atom. The van der Waals surface area contributed by atoms with Gasteiger partial charge in [0.25, 0.3) is 0 Å². The first-order chi connectivity index (χ1) is 9.22. The van der Waals surface area contributed by atoms with E-state index >= 15 is 0 Å². The van der Waals surface area contributed by atoms with E-state index in [1.807, 2.05) is 11.4 Å². The van der Waals surface area contributed by atoms with Crippen molar-refractivity contribution in [3.8, 4) is 0 Å². The Hall–Kier alpha value is -1.89. The standard InChI is InChI=1S/C12H14N4O2S/c13-11-12(16-18-15-11)14-8-4-7(5-9(17)6-8)10-2-1-3-19-10/h1-3,7-8H,4-6H2,(H2,13,15)(H,14,16)/t7-,8-/m0/s1. The zero-order chi connectivity index (χ0) is 13.2. The molecule has 2 aromatic rings. The molecule has 7 heteroatoms. The van der Waals surface area contributed by atoms with Crippen LogP contribution in [0.5, 0.6) is 0 Å². The summed E-state index contributed by atoms with van der Waals surface area (Å²) in [7, 11) is 0. The van der Waals surface area contributed by atoms with Gasteiger partial charge in [0.15, 0.2) is 0 Å². The fourth-order valence-electron chi connectivity index (χ4n) is 2.48. The quantitative estimate of drug-likeness (QED) is 0.892. The maximum atomic E-state index is 11.9. The van der Waals surface area contributed by atoms with Gasteiger partial charge in [-0.2, -0.15) is 0 Å². The second kappa shape index (κ2) is 5.00. The third-order valence-corrected chi connectivity index (χ3v) is 4.35. The van der Waals surface area contributed by atoms with Gasteiger partial charge in [0.05, 0.1) is 0 Å². The molecule has 0 spiro atoms. The van der Waals surface area contributed by atoms with Crippen molar-refractivity contribution in [3.63, 3.8) is 0 Å². The van der Waals surface area contributed by atoms with Crippen LogP contribution in [0.15, 0.2) is 22.1 Å². The summed E-state index contributed by atoms with van der Waals surface area (Å²) >= 11 is 1.69. The van der Waals surface area contributed by atoms with Crippen LogP contribution < -0.4 is 11.1 Å². The van der Waals surface area contributed by atoms with Gasteiger partial charge in [0.2, 0.25) is 11.6 Å². The van der Waals surface area contributed by atoms with Gasteiger partial charge in [-0.25, -0.2) is 4.63 Å². The number of thiophene rings is 1. The van der Waals surface area contributed by atoms with Crippen LogP contribution in [0.4, 0.5) is 11.6 Å². The first kappa shape index (κ1) is 12.2. The van der Waals surface area contributed by atoms with Crippen LogP contribution in [0.3, 0.4) is 0 Å². The summed E-state index contributed by atoms with van der Waals surface area (Å²) in [6.45, 7) is 0. The van der Waals surface area contributed by atoms with Crippen LogP contribution >= 0.6 is 11.3 Å². The number of nitrogens with zero attached hydrogens (tertiary/aromatic N) is 2. The van der Waals surface area contributed by atoms with Crippen LogP contribution in [-0.2, 0) is 4.79 Å². The number of carbonyl (C=O) groups is 1. The maximum absolute atomic E-state index is 11.9. The van der Waals surface area contributed by atoms with Gasteiger partial charge in [-0.15, -0.1) is 11.3 Å². The van der Waals surface area contributed by atoms with E-state index in [0.29, 0.717) is 18.7 Å². The molecule has 3 N–H and O–H groups in total. The number of rotatable bonds is 3. The highest BCUT2D eigenvalue weighted by atomic mass is 32.1. The number of carbonyl (C=O) groups excluding carboxylic acids is 1. The number of nitrogens with one attached hydrogen (secondary N) is 1. The highest BCUT2D eigenvalue weighted by molar-refractivity contribution is 7.10. The van der Waals surface area contributed by atoms with Gasteiger partial charge in [-0.05, 0) is 28.2 Å². The lowest BCUT2D eigenvalue weighted by atomic mass is 9.84. The lowest BCUT2D eigenvalue weighted by molar-refractivity contribution is -0.120. The molecule has 2 heterocycles. The summed E-state index contributed by atoms with van der Waals surface area (Å²) in [6, 6.07) is 4.13. The summed E-state index contributed by atoms with van der Waals surface area (Å²) in [5.74, 6) is 1.19. The van der Waals surface area contributed by atoms with E-state index in [4.69, 9.17) is 5.73 Å². The second-order valence-electron chi connectivity index (χ2n) is 4.73. The molecule has 1 aliphatic rings. The number of Topliss-reactive ketones (excluding diaryl/α,β-unsaturated/α-hetero) is 1. The minimum absolute atomic E-state index is 0.0301. The van der Waals surface area contributed by atoms with Crippen molar-refractivity contribution in [3.05, 3.63) is 22.4 Å². The monoisotopic (exact) mass is 278 g/mol. The summed E-state index contributed by atoms with van der Waals surface area (Å²) in [5.41, 5.74) is 5.61. The number of ketones is 1. The van der Waals surface area contributed by atoms with E-state index in [1.54, 1.807) is 11.3 Å². The number of hydrogen-bond acceptors (Lipinski definition) is 7. The first-order valence-corrected chi connectivity index (χ1v) is 7.00. The third kappa shape index (κ3) is 2.60. The van der Waals surface area contributed by atoms with E-state index in [0.717, 1.165) is 6.42 Å². The van der Waals surface area contributed by atoms with Crippen molar-refractivity contribution in [2.75, 3.05) is 11.1 Å². The average molecular weight is 278 g/mol. The van der Waals surface area contributed by atoms with Crippen molar-refractivity contribution < 1.29 is 9.42 Å². The topological polar surface area (TPSA) is 94.0 Å². The summed E-state index contributed by atoms with van der Waals surface area (Å²) in [5, 5.41) is 12.4. The maximum Gasteiger partial charge on any atom is 0.215 e. The van der Waals surface area contributed by atoms with Crippen molar-refractivity contribution >= 4 is 28.8 Å². The lowest BCUT2D eigenvalue weighted by Crippen LogP contribution is -2.31. The average Bonchev–Trinajstić information content (AvgIpc) is 3.01. The molecule has 1 aliphatic carbocycles. The van der Waals surface area contributed by atoms with Crippen LogP contribution in [0, 0.1) is 0 Å². The minimum atomic E-state index is 0.0301. The second-order valence-corrected chi connectivity index (χ2v) is 5.71. The lowest BCUT2D eigenvalue weighted by Gasteiger charge is -2.28. The van der Waals surface area contributed by atoms with E-state index < -0.39 is 0 Å². The Balaban J connectivity index is 1.72. The predicted octanol–water partition coefficient (Wildman–Crippen LogP) is 2.03. The van der Waals surface area contributed by atoms with Gasteiger partial charge >= 0.3 is 0 Å². The zero-order valence-electron chi connectivity index (χ0n) is 10.2. The van der Waals surface area contributed by atoms with Gasteiger partial charge in [0.1, 0.15) is 5.78 Å². The van der Waals surface area contributed by atoms with Crippen molar-refractivity contribution in [2.45, 2.75) is 31.2 Å². The predicted molar refractivity (Wildman–Crippen MR) is 72.0 cm³/mol. The SMILES string of the molecule is Nc1nonc1N[C@@H]1CC(=O)C[C@@H](c2cccs2)C1. The molecule has 0 aliphatic heterocycles. The molecule has 6 nitrogen and oxygen atoms in total. The molecular weight excluding hydrogens is 264 g/mol. The van der Waals surface area contributed by atoms with Gasteiger partial charge in [-0.3, -0.25) is 4.79 Å². The Morgan fingerprint density at radius 1 is 1.42 bits per heavy atom. The molecule has 1 saturated carbocycles. The van der Waals surface area contributed by atoms with Crippen LogP contribution in [0.2, 0.25) is 0 Å². The Bertz CT molecular complexity index is 566. The number of hydrogen-bond donors (Lipinski definition) is 2. The fourth-order valence-corrected chi connectivity index (χ4v) is 3.33. The zero-order valence-corrected chi connectivity index (χ0v) is 11.0. The van der Waals surface area contributed by atoms with E-state index in [9.17, 15) is 4.79 Å². The van der Waals surface area contributed by atoms with Crippen molar-refractivity contribution in [1.29, 1.82) is 0 Å². The molecule has 2 atom stereocenters. The molecule has 100 valence electrons. The number of nitrogen functional groups attached to an aromatic ring is 1. The number of aromatic nitrogens is 2. The molecular formula is C12H14N4O2S. The largest absolute Gasteiger partial charge is 0.378 e. The molecule has 2 aromatic heterocycles. The molecule has 0 bridgehead atoms. The van der Waals surface area contributed by atoms with Crippen molar-refractivity contribution in [2.24, 2.45) is 0 Å². The third-order valence-electron chi connectivity index (χ3n) is 3.32. The molecule has 19 heavy (non-hydrogen) atoms. The summed E-state index contributed by atoms with van der Waals surface area (Å²) < 4.78 is 4.54. The van der Waals surface area contributed by atoms with Gasteiger partial charge < -0.3 is 11.1 Å². The molecule has 0 amide bonds. The fraction of sp³-hybridized carbons (Fsp3) is 0.417. The highest BCUT2D eigenvalue weighted by Crippen LogP contribution is 2.35. The Morgan fingerprint density at radius 3 is 3.00 bits per heavy atom. The molecule has 0 radical (unpaired) electrons. The first-order valence-electron chi connectivity index (χ1n) is 6.12. The van der Waals surface area contributed by atoms with E-state index in [2.05, 4.69) is 26.3 Å². The number of anilines is 2. The van der Waals surface area contributed by atoms with Crippen molar-refractivity contribution in [1.82, 2.24) is 10.3 Å². The van der Waals surface area contributed by atoms with Crippen LogP contribution in [0.1, 0.15) is 30.1 Å².